The van der Waals surface area contributed by atoms with Gasteiger partial charge in [-0.3, -0.25) is 20.2 Å². The summed E-state index contributed by atoms with van der Waals surface area (Å²) in [5.74, 6) is 0.153. The van der Waals surface area contributed by atoms with Crippen molar-refractivity contribution < 1.29 is 9.18 Å². The van der Waals surface area contributed by atoms with Gasteiger partial charge in [0.05, 0.1) is 6.54 Å². The third-order valence-corrected chi connectivity index (χ3v) is 6.23. The molecule has 1 aliphatic heterocycles. The van der Waals surface area contributed by atoms with Crippen LogP contribution in [-0.2, 0) is 0 Å². The molecule has 1 aromatic carbocycles. The van der Waals surface area contributed by atoms with E-state index >= 15 is 0 Å². The minimum Gasteiger partial charge on any atom is -0.300 e. The number of H-pyrrole nitrogens is 1. The smallest absolute Gasteiger partial charge is 0.277 e. The molecule has 0 atom stereocenters. The summed E-state index contributed by atoms with van der Waals surface area (Å²) in [6, 6.07) is 9.78. The highest BCUT2D eigenvalue weighted by Gasteiger charge is 2.19. The van der Waals surface area contributed by atoms with Gasteiger partial charge in [0.25, 0.3) is 5.91 Å². The van der Waals surface area contributed by atoms with Crippen molar-refractivity contribution in [1.29, 1.82) is 0 Å². The first-order valence-corrected chi connectivity index (χ1v) is 10.8. The van der Waals surface area contributed by atoms with Gasteiger partial charge in [0, 0.05) is 15.5 Å². The van der Waals surface area contributed by atoms with E-state index in [1.165, 1.54) is 53.7 Å². The maximum atomic E-state index is 13.5. The van der Waals surface area contributed by atoms with Crippen molar-refractivity contribution in [3.8, 4) is 0 Å². The summed E-state index contributed by atoms with van der Waals surface area (Å²) in [5.41, 5.74) is 0.244. The van der Waals surface area contributed by atoms with Crippen LogP contribution >= 0.6 is 35.3 Å². The van der Waals surface area contributed by atoms with Crippen LogP contribution in [0, 0.1) is 5.82 Å². The molecule has 2 aromatic heterocycles. The van der Waals surface area contributed by atoms with Crippen LogP contribution in [0.2, 0.25) is 0 Å². The Bertz CT molecular complexity index is 1030. The molecule has 0 aliphatic carbocycles. The van der Waals surface area contributed by atoms with E-state index in [1.807, 2.05) is 0 Å². The maximum Gasteiger partial charge on any atom is 0.277 e. The van der Waals surface area contributed by atoms with Gasteiger partial charge in [-0.25, -0.2) is 14.4 Å². The fourth-order valence-electron chi connectivity index (χ4n) is 2.30. The van der Waals surface area contributed by atoms with Crippen molar-refractivity contribution in [3.05, 3.63) is 54.2 Å². The van der Waals surface area contributed by atoms with Gasteiger partial charge in [0.1, 0.15) is 22.9 Å². The molecule has 1 aliphatic rings. The number of amidine groups is 1. The van der Waals surface area contributed by atoms with Gasteiger partial charge in [-0.15, -0.1) is 0 Å². The number of pyridine rings is 1. The molecule has 11 heteroatoms. The Hall–Kier alpha value is -2.37. The van der Waals surface area contributed by atoms with Gasteiger partial charge in [-0.1, -0.05) is 29.6 Å². The minimum atomic E-state index is -0.355. The van der Waals surface area contributed by atoms with E-state index in [9.17, 15) is 9.18 Å². The lowest BCUT2D eigenvalue weighted by Gasteiger charge is -2.10. The van der Waals surface area contributed by atoms with Crippen molar-refractivity contribution in [2.75, 3.05) is 12.3 Å². The van der Waals surface area contributed by atoms with E-state index < -0.39 is 0 Å². The second-order valence-corrected chi connectivity index (χ2v) is 8.65. The number of hydrogen-bond donors (Lipinski definition) is 2. The van der Waals surface area contributed by atoms with Gasteiger partial charge >= 0.3 is 0 Å². The molecule has 28 heavy (non-hydrogen) atoms. The molecule has 2 N–H and O–H groups in total. The van der Waals surface area contributed by atoms with Gasteiger partial charge in [0.2, 0.25) is 0 Å². The summed E-state index contributed by atoms with van der Waals surface area (Å²) in [5, 5.41) is 11.1. The molecule has 7 nitrogen and oxygen atoms in total. The quantitative estimate of drug-likeness (QED) is 0.637. The zero-order valence-electron chi connectivity index (χ0n) is 14.3. The molecule has 0 saturated heterocycles. The first kappa shape index (κ1) is 19.0. The van der Waals surface area contributed by atoms with Crippen LogP contribution < -0.4 is 5.32 Å². The Kier molecular flexibility index (Phi) is 5.93. The normalized spacial score (nSPS) is 13.4. The Labute approximate surface area is 172 Å². The number of benzene rings is 1. The SMILES string of the molecule is O=C(NC1=NCCS1)c1nc(Sc2ncn[nH]2)ccc1Sc1cccc(F)c1. The number of aliphatic imine (C=N–C) groups is 1. The lowest BCUT2D eigenvalue weighted by molar-refractivity contribution is 0.0969. The molecule has 142 valence electrons. The average molecular weight is 433 g/mol. The van der Waals surface area contributed by atoms with E-state index in [0.717, 1.165) is 5.75 Å². The molecule has 0 saturated carbocycles. The lowest BCUT2D eigenvalue weighted by Crippen LogP contribution is -2.28. The largest absolute Gasteiger partial charge is 0.300 e. The maximum absolute atomic E-state index is 13.5. The standard InChI is InChI=1S/C17H13FN6OS3/c18-10-2-1-3-11(8-10)27-12-4-5-13(28-17-20-9-21-24-17)22-14(12)15(25)23-16-19-6-7-26-16/h1-5,8-9H,6-7H2,(H,19,23,25)(H,20,21,24). The Morgan fingerprint density at radius 2 is 2.18 bits per heavy atom. The predicted molar refractivity (Wildman–Crippen MR) is 107 cm³/mol. The third kappa shape index (κ3) is 4.72. The highest BCUT2D eigenvalue weighted by Crippen LogP contribution is 2.32. The van der Waals surface area contributed by atoms with E-state index in [1.54, 1.807) is 24.3 Å². The zero-order chi connectivity index (χ0) is 19.3. The number of carbonyl (C=O) groups excluding carboxylic acids is 1. The molecule has 3 heterocycles. The van der Waals surface area contributed by atoms with Gasteiger partial charge in [0.15, 0.2) is 10.3 Å². The van der Waals surface area contributed by atoms with Crippen molar-refractivity contribution in [2.24, 2.45) is 4.99 Å². The van der Waals surface area contributed by atoms with Gasteiger partial charge < -0.3 is 0 Å². The molecule has 1 amide bonds. The van der Waals surface area contributed by atoms with Crippen LogP contribution in [0.3, 0.4) is 0 Å². The molecule has 0 fully saturated rings. The number of hydrogen-bond acceptors (Lipinski definition) is 8. The van der Waals surface area contributed by atoms with Crippen molar-refractivity contribution in [1.82, 2.24) is 25.5 Å². The number of halogens is 1. The summed E-state index contributed by atoms with van der Waals surface area (Å²) < 4.78 is 13.5. The van der Waals surface area contributed by atoms with E-state index in [-0.39, 0.29) is 17.4 Å². The summed E-state index contributed by atoms with van der Waals surface area (Å²) in [6.07, 6.45) is 1.40. The van der Waals surface area contributed by atoms with Gasteiger partial charge in [-0.2, -0.15) is 5.10 Å². The lowest BCUT2D eigenvalue weighted by atomic mass is 10.3. The summed E-state index contributed by atoms with van der Waals surface area (Å²) in [4.78, 5) is 26.9. The number of nitrogens with one attached hydrogen (secondary N) is 2. The number of aromatic amines is 1. The van der Waals surface area contributed by atoms with Crippen LogP contribution in [0.15, 0.2) is 67.7 Å². The number of carbonyl (C=O) groups is 1. The number of rotatable bonds is 5. The van der Waals surface area contributed by atoms with E-state index in [2.05, 4.69) is 30.5 Å². The molecule has 0 radical (unpaired) electrons. The van der Waals surface area contributed by atoms with Crippen LogP contribution in [0.25, 0.3) is 0 Å². The highest BCUT2D eigenvalue weighted by molar-refractivity contribution is 8.14. The van der Waals surface area contributed by atoms with Crippen LogP contribution in [0.4, 0.5) is 4.39 Å². The second kappa shape index (κ2) is 8.76. The van der Waals surface area contributed by atoms with Crippen molar-refractivity contribution >= 4 is 46.4 Å². The first-order chi connectivity index (χ1) is 13.7. The monoisotopic (exact) mass is 432 g/mol. The summed E-state index contributed by atoms with van der Waals surface area (Å²) in [7, 11) is 0. The fourth-order valence-corrected chi connectivity index (χ4v) is 4.63. The topological polar surface area (TPSA) is 95.9 Å². The predicted octanol–water partition coefficient (Wildman–Crippen LogP) is 3.47. The number of amides is 1. The fraction of sp³-hybridized carbons (Fsp3) is 0.118. The van der Waals surface area contributed by atoms with Crippen molar-refractivity contribution in [2.45, 2.75) is 20.0 Å². The second-order valence-electron chi connectivity index (χ2n) is 5.44. The molecule has 3 aromatic rings. The zero-order valence-corrected chi connectivity index (χ0v) is 16.7. The first-order valence-electron chi connectivity index (χ1n) is 8.14. The Morgan fingerprint density at radius 3 is 2.93 bits per heavy atom. The summed E-state index contributed by atoms with van der Waals surface area (Å²) in [6.45, 7) is 0.681. The van der Waals surface area contributed by atoms with E-state index in [0.29, 0.717) is 31.7 Å². The van der Waals surface area contributed by atoms with Crippen molar-refractivity contribution in [3.63, 3.8) is 0 Å². The number of thioether (sulfide) groups is 1. The third-order valence-electron chi connectivity index (χ3n) is 3.47. The molecule has 0 bridgehead atoms. The van der Waals surface area contributed by atoms with E-state index in [4.69, 9.17) is 0 Å². The Morgan fingerprint density at radius 1 is 1.25 bits per heavy atom. The van der Waals surface area contributed by atoms with Crippen LogP contribution in [0.5, 0.6) is 0 Å². The van der Waals surface area contributed by atoms with Gasteiger partial charge in [-0.05, 0) is 42.1 Å². The molecule has 0 unspecified atom stereocenters. The Balaban J connectivity index is 1.64. The average Bonchev–Trinajstić information content (AvgIpc) is 3.37. The number of nitrogens with zero attached hydrogens (tertiary/aromatic N) is 4. The highest BCUT2D eigenvalue weighted by atomic mass is 32.2. The molecular formula is C17H13FN6OS3. The summed E-state index contributed by atoms with van der Waals surface area (Å²) >= 11 is 4.03. The number of aromatic nitrogens is 4. The van der Waals surface area contributed by atoms with Crippen LogP contribution in [0.1, 0.15) is 10.5 Å². The molecule has 0 spiro atoms. The minimum absolute atomic E-state index is 0.244. The van der Waals surface area contributed by atoms with Crippen LogP contribution in [-0.4, -0.2) is 43.5 Å². The molecule has 4 rings (SSSR count). The molecular weight excluding hydrogens is 419 g/mol.